The van der Waals surface area contributed by atoms with E-state index in [2.05, 4.69) is 25.8 Å². The molecule has 17 heavy (non-hydrogen) atoms. The van der Waals surface area contributed by atoms with Crippen molar-refractivity contribution >= 4 is 17.4 Å². The molecule has 2 aromatic rings. The zero-order valence-electron chi connectivity index (χ0n) is 9.36. The largest absolute Gasteiger partial charge is 0.333 e. The number of carbonyl (C=O) groups excluding carboxylic acids is 1. The minimum absolute atomic E-state index is 0.217. The number of urea groups is 1. The Hall–Kier alpha value is -1.89. The molecule has 0 saturated heterocycles. The van der Waals surface area contributed by atoms with Gasteiger partial charge >= 0.3 is 6.03 Å². The first-order valence-corrected chi connectivity index (χ1v) is 6.03. The first-order chi connectivity index (χ1) is 8.24. The third-order valence-corrected chi connectivity index (χ3v) is 2.92. The van der Waals surface area contributed by atoms with Crippen LogP contribution in [0.15, 0.2) is 17.6 Å². The van der Waals surface area contributed by atoms with Gasteiger partial charge in [0.05, 0.1) is 29.5 Å². The Bertz CT molecular complexity index is 479. The third kappa shape index (κ3) is 3.56. The SMILES string of the molecule is Cc1nc(CNC(=O)NCc2ccn[nH]2)cs1. The number of nitrogens with zero attached hydrogens (tertiary/aromatic N) is 2. The van der Waals surface area contributed by atoms with Gasteiger partial charge in [-0.15, -0.1) is 11.3 Å². The van der Waals surface area contributed by atoms with Crippen LogP contribution in [0, 0.1) is 6.92 Å². The van der Waals surface area contributed by atoms with Gasteiger partial charge in [0.1, 0.15) is 0 Å². The summed E-state index contributed by atoms with van der Waals surface area (Å²) in [6, 6.07) is 1.59. The number of aromatic nitrogens is 3. The molecule has 90 valence electrons. The van der Waals surface area contributed by atoms with Gasteiger partial charge < -0.3 is 10.6 Å². The maximum absolute atomic E-state index is 11.4. The fourth-order valence-corrected chi connectivity index (χ4v) is 1.89. The number of hydrogen-bond donors (Lipinski definition) is 3. The van der Waals surface area contributed by atoms with Gasteiger partial charge in [0.2, 0.25) is 0 Å². The van der Waals surface area contributed by atoms with Crippen molar-refractivity contribution in [2.24, 2.45) is 0 Å². The Morgan fingerprint density at radius 2 is 2.29 bits per heavy atom. The zero-order chi connectivity index (χ0) is 12.1. The number of H-pyrrole nitrogens is 1. The minimum atomic E-state index is -0.217. The Labute approximate surface area is 102 Å². The number of rotatable bonds is 4. The summed E-state index contributed by atoms with van der Waals surface area (Å²) in [5.41, 5.74) is 1.74. The predicted octanol–water partition coefficient (Wildman–Crippen LogP) is 1.17. The summed E-state index contributed by atoms with van der Waals surface area (Å²) in [5, 5.41) is 14.9. The average Bonchev–Trinajstić information content (AvgIpc) is 2.95. The molecule has 0 aromatic carbocycles. The van der Waals surface area contributed by atoms with Crippen molar-refractivity contribution in [3.63, 3.8) is 0 Å². The Balaban J connectivity index is 1.71. The molecule has 0 aliphatic carbocycles. The van der Waals surface area contributed by atoms with Crippen LogP contribution >= 0.6 is 11.3 Å². The molecule has 0 aliphatic heterocycles. The highest BCUT2D eigenvalue weighted by Crippen LogP contribution is 2.06. The fraction of sp³-hybridized carbons (Fsp3) is 0.300. The normalized spacial score (nSPS) is 10.2. The molecule has 0 atom stereocenters. The molecule has 0 fully saturated rings. The highest BCUT2D eigenvalue weighted by atomic mass is 32.1. The van der Waals surface area contributed by atoms with E-state index in [1.807, 2.05) is 18.4 Å². The maximum Gasteiger partial charge on any atom is 0.315 e. The number of hydrogen-bond acceptors (Lipinski definition) is 4. The quantitative estimate of drug-likeness (QED) is 0.763. The molecular formula is C10H13N5OS. The Kier molecular flexibility index (Phi) is 3.71. The second-order valence-corrected chi connectivity index (χ2v) is 4.54. The van der Waals surface area contributed by atoms with Crippen LogP contribution in [0.1, 0.15) is 16.4 Å². The number of carbonyl (C=O) groups is 1. The number of thiazole rings is 1. The van der Waals surface area contributed by atoms with Crippen molar-refractivity contribution in [3.8, 4) is 0 Å². The maximum atomic E-state index is 11.4. The van der Waals surface area contributed by atoms with E-state index in [0.717, 1.165) is 16.4 Å². The van der Waals surface area contributed by atoms with Crippen molar-refractivity contribution in [1.29, 1.82) is 0 Å². The van der Waals surface area contributed by atoms with Gasteiger partial charge in [-0.3, -0.25) is 5.10 Å². The molecule has 6 nitrogen and oxygen atoms in total. The summed E-state index contributed by atoms with van der Waals surface area (Å²) in [7, 11) is 0. The molecule has 0 unspecified atom stereocenters. The number of nitrogens with one attached hydrogen (secondary N) is 3. The number of aromatic amines is 1. The number of amides is 2. The van der Waals surface area contributed by atoms with E-state index in [4.69, 9.17) is 0 Å². The van der Waals surface area contributed by atoms with Crippen LogP contribution in [0.4, 0.5) is 4.79 Å². The van der Waals surface area contributed by atoms with Crippen LogP contribution in [-0.4, -0.2) is 21.2 Å². The van der Waals surface area contributed by atoms with Crippen molar-refractivity contribution < 1.29 is 4.79 Å². The second-order valence-electron chi connectivity index (χ2n) is 3.48. The smallest absolute Gasteiger partial charge is 0.315 e. The van der Waals surface area contributed by atoms with Crippen LogP contribution < -0.4 is 10.6 Å². The van der Waals surface area contributed by atoms with Crippen molar-refractivity contribution in [2.75, 3.05) is 0 Å². The van der Waals surface area contributed by atoms with Gasteiger partial charge in [0.15, 0.2) is 0 Å². The van der Waals surface area contributed by atoms with Crippen LogP contribution in [0.25, 0.3) is 0 Å². The fourth-order valence-electron chi connectivity index (χ4n) is 1.28. The molecule has 2 amide bonds. The van der Waals surface area contributed by atoms with Gasteiger partial charge in [-0.05, 0) is 13.0 Å². The summed E-state index contributed by atoms with van der Waals surface area (Å²) < 4.78 is 0. The molecule has 0 saturated carbocycles. The van der Waals surface area contributed by atoms with E-state index in [0.29, 0.717) is 13.1 Å². The molecule has 2 aromatic heterocycles. The van der Waals surface area contributed by atoms with E-state index in [9.17, 15) is 4.79 Å². The summed E-state index contributed by atoms with van der Waals surface area (Å²) in [6.45, 7) is 2.81. The zero-order valence-corrected chi connectivity index (χ0v) is 10.2. The lowest BCUT2D eigenvalue weighted by Gasteiger charge is -2.04. The molecule has 2 heterocycles. The summed E-state index contributed by atoms with van der Waals surface area (Å²) in [6.07, 6.45) is 1.65. The van der Waals surface area contributed by atoms with E-state index in [1.54, 1.807) is 17.5 Å². The van der Waals surface area contributed by atoms with Crippen LogP contribution in [0.5, 0.6) is 0 Å². The average molecular weight is 251 g/mol. The lowest BCUT2D eigenvalue weighted by molar-refractivity contribution is 0.240. The van der Waals surface area contributed by atoms with Gasteiger partial charge in [0.25, 0.3) is 0 Å². The Morgan fingerprint density at radius 3 is 2.94 bits per heavy atom. The molecular weight excluding hydrogens is 238 g/mol. The Morgan fingerprint density at radius 1 is 1.47 bits per heavy atom. The van der Waals surface area contributed by atoms with E-state index in [-0.39, 0.29) is 6.03 Å². The molecule has 7 heteroatoms. The topological polar surface area (TPSA) is 82.7 Å². The molecule has 2 rings (SSSR count). The van der Waals surface area contributed by atoms with E-state index >= 15 is 0 Å². The van der Waals surface area contributed by atoms with Gasteiger partial charge in [0, 0.05) is 11.6 Å². The number of aryl methyl sites for hydroxylation is 1. The minimum Gasteiger partial charge on any atom is -0.333 e. The lowest BCUT2D eigenvalue weighted by atomic mass is 10.4. The van der Waals surface area contributed by atoms with Gasteiger partial charge in [-0.1, -0.05) is 0 Å². The van der Waals surface area contributed by atoms with Crippen LogP contribution in [0.3, 0.4) is 0 Å². The van der Waals surface area contributed by atoms with Gasteiger partial charge in [-0.25, -0.2) is 9.78 Å². The molecule has 0 bridgehead atoms. The molecule has 3 N–H and O–H groups in total. The lowest BCUT2D eigenvalue weighted by Crippen LogP contribution is -2.34. The molecule has 0 radical (unpaired) electrons. The predicted molar refractivity (Wildman–Crippen MR) is 64.5 cm³/mol. The van der Waals surface area contributed by atoms with Crippen molar-refractivity contribution in [1.82, 2.24) is 25.8 Å². The standard InChI is InChI=1S/C10H13N5OS/c1-7-14-9(6-17-7)5-12-10(16)11-4-8-2-3-13-15-8/h2-3,6H,4-5H2,1H3,(H,13,15)(H2,11,12,16). The molecule has 0 aliphatic rings. The first kappa shape index (κ1) is 11.6. The van der Waals surface area contributed by atoms with Crippen LogP contribution in [0.2, 0.25) is 0 Å². The first-order valence-electron chi connectivity index (χ1n) is 5.15. The summed E-state index contributed by atoms with van der Waals surface area (Å²) in [5.74, 6) is 0. The highest BCUT2D eigenvalue weighted by Gasteiger charge is 2.03. The third-order valence-electron chi connectivity index (χ3n) is 2.09. The van der Waals surface area contributed by atoms with Crippen molar-refractivity contribution in [3.05, 3.63) is 34.0 Å². The monoisotopic (exact) mass is 251 g/mol. The summed E-state index contributed by atoms with van der Waals surface area (Å²) >= 11 is 1.57. The molecule has 0 spiro atoms. The van der Waals surface area contributed by atoms with E-state index in [1.165, 1.54) is 0 Å². The van der Waals surface area contributed by atoms with Gasteiger partial charge in [-0.2, -0.15) is 5.10 Å². The highest BCUT2D eigenvalue weighted by molar-refractivity contribution is 7.09. The van der Waals surface area contributed by atoms with E-state index < -0.39 is 0 Å². The van der Waals surface area contributed by atoms with Crippen LogP contribution in [-0.2, 0) is 13.1 Å². The summed E-state index contributed by atoms with van der Waals surface area (Å²) in [4.78, 5) is 15.7. The second kappa shape index (κ2) is 5.44. The van der Waals surface area contributed by atoms with Crippen molar-refractivity contribution in [2.45, 2.75) is 20.0 Å².